The Kier molecular flexibility index (Phi) is 10.3. The van der Waals surface area contributed by atoms with Gasteiger partial charge in [0, 0.05) is 19.5 Å². The maximum Gasteiger partial charge on any atom is 0.408 e. The molecule has 1 aromatic rings. The molecule has 1 aromatic carbocycles. The highest BCUT2D eigenvalue weighted by molar-refractivity contribution is 5.92. The zero-order valence-electron chi connectivity index (χ0n) is 20.7. The molecule has 0 saturated carbocycles. The predicted molar refractivity (Wildman–Crippen MR) is 126 cm³/mol. The number of hydrogen-bond donors (Lipinski definition) is 3. The van der Waals surface area contributed by atoms with Crippen molar-refractivity contribution in [3.63, 3.8) is 0 Å². The molecule has 0 fully saturated rings. The van der Waals surface area contributed by atoms with Crippen molar-refractivity contribution in [2.45, 2.75) is 84.5 Å². The Balaban J connectivity index is 3.25. The van der Waals surface area contributed by atoms with Crippen molar-refractivity contribution < 1.29 is 23.9 Å². The third-order valence-electron chi connectivity index (χ3n) is 4.79. The van der Waals surface area contributed by atoms with Crippen molar-refractivity contribution in [2.75, 3.05) is 7.05 Å². The molecule has 0 saturated heterocycles. The van der Waals surface area contributed by atoms with E-state index in [4.69, 9.17) is 10.5 Å². The molecular weight excluding hydrogens is 424 g/mol. The van der Waals surface area contributed by atoms with Crippen LogP contribution in [-0.2, 0) is 25.5 Å². The average Bonchev–Trinajstić information content (AvgIpc) is 2.69. The average molecular weight is 463 g/mol. The molecule has 0 aliphatic rings. The first kappa shape index (κ1) is 27.9. The topological polar surface area (TPSA) is 131 Å². The summed E-state index contributed by atoms with van der Waals surface area (Å²) >= 11 is 0. The van der Waals surface area contributed by atoms with Gasteiger partial charge >= 0.3 is 6.09 Å². The van der Waals surface area contributed by atoms with Gasteiger partial charge in [-0.2, -0.15) is 0 Å². The summed E-state index contributed by atoms with van der Waals surface area (Å²) in [5, 5.41) is 5.37. The Hall–Kier alpha value is -3.10. The summed E-state index contributed by atoms with van der Waals surface area (Å²) in [6.45, 7) is 10.8. The van der Waals surface area contributed by atoms with Crippen LogP contribution in [0.5, 0.6) is 0 Å². The number of amides is 4. The zero-order chi connectivity index (χ0) is 25.3. The summed E-state index contributed by atoms with van der Waals surface area (Å²) in [7, 11) is 1.49. The molecule has 184 valence electrons. The Morgan fingerprint density at radius 2 is 1.64 bits per heavy atom. The van der Waals surface area contributed by atoms with E-state index < -0.39 is 35.6 Å². The molecule has 4 amide bonds. The Bertz CT molecular complexity index is 830. The van der Waals surface area contributed by atoms with Crippen molar-refractivity contribution in [3.05, 3.63) is 35.4 Å². The molecule has 33 heavy (non-hydrogen) atoms. The minimum Gasteiger partial charge on any atom is -0.444 e. The fourth-order valence-electron chi connectivity index (χ4n) is 3.22. The number of hydrogen-bond acceptors (Lipinski definition) is 5. The van der Waals surface area contributed by atoms with Gasteiger partial charge in [0.05, 0.1) is 0 Å². The summed E-state index contributed by atoms with van der Waals surface area (Å²) in [4.78, 5) is 51.4. The van der Waals surface area contributed by atoms with E-state index in [1.165, 1.54) is 11.9 Å². The summed E-state index contributed by atoms with van der Waals surface area (Å²) in [5.74, 6) is -1.49. The van der Waals surface area contributed by atoms with Gasteiger partial charge in [-0.1, -0.05) is 31.2 Å². The Morgan fingerprint density at radius 3 is 2.09 bits per heavy atom. The summed E-state index contributed by atoms with van der Waals surface area (Å²) in [5.41, 5.74) is 6.22. The summed E-state index contributed by atoms with van der Waals surface area (Å²) in [6.07, 6.45) is -0.0966. The molecule has 0 spiro atoms. The first-order valence-corrected chi connectivity index (χ1v) is 11.2. The number of carbonyl (C=O) groups is 4. The molecule has 1 rings (SSSR count). The molecular formula is C24H38N4O5. The maximum atomic E-state index is 13.4. The number of rotatable bonds is 10. The first-order valence-electron chi connectivity index (χ1n) is 11.2. The Labute approximate surface area is 196 Å². The minimum atomic E-state index is -1.10. The third kappa shape index (κ3) is 9.51. The van der Waals surface area contributed by atoms with Crippen molar-refractivity contribution in [1.82, 2.24) is 15.5 Å². The van der Waals surface area contributed by atoms with Crippen LogP contribution in [0, 0.1) is 0 Å². The number of carbonyl (C=O) groups excluding carboxylic acids is 4. The lowest BCUT2D eigenvalue weighted by Crippen LogP contribution is -2.52. The zero-order valence-corrected chi connectivity index (χ0v) is 20.7. The smallest absolute Gasteiger partial charge is 0.408 e. The van der Waals surface area contributed by atoms with Crippen LogP contribution in [0.25, 0.3) is 0 Å². The minimum absolute atomic E-state index is 0.0228. The van der Waals surface area contributed by atoms with E-state index in [0.717, 1.165) is 12.0 Å². The van der Waals surface area contributed by atoms with Crippen LogP contribution in [0.3, 0.4) is 0 Å². The molecule has 9 nitrogen and oxygen atoms in total. The highest BCUT2D eigenvalue weighted by Gasteiger charge is 2.34. The van der Waals surface area contributed by atoms with Crippen LogP contribution in [-0.4, -0.2) is 53.4 Å². The number of primary amides is 1. The summed E-state index contributed by atoms with van der Waals surface area (Å²) in [6, 6.07) is 5.28. The fraction of sp³-hybridized carbons (Fsp3) is 0.583. The molecule has 0 heterocycles. The van der Waals surface area contributed by atoms with Gasteiger partial charge in [0.1, 0.15) is 17.7 Å². The molecule has 0 aliphatic heterocycles. The fourth-order valence-corrected chi connectivity index (χ4v) is 3.22. The lowest BCUT2D eigenvalue weighted by Gasteiger charge is -2.32. The number of ether oxygens (including phenoxy) is 1. The van der Waals surface area contributed by atoms with Gasteiger partial charge in [-0.05, 0) is 58.6 Å². The van der Waals surface area contributed by atoms with E-state index in [1.807, 2.05) is 45.0 Å². The van der Waals surface area contributed by atoms with Crippen molar-refractivity contribution in [2.24, 2.45) is 5.73 Å². The highest BCUT2D eigenvalue weighted by atomic mass is 16.6. The standard InChI is InChI=1S/C24H38N4O5/c1-8-16-9-11-17(12-10-16)20(21(30)26-15(2)3)28(7)22(31)18(13-14-19(25)29)27-23(32)33-24(4,5)6/h9-12,15,18,20H,8,13-14H2,1-7H3,(H2,25,29)(H,26,30)(H,27,32). The predicted octanol–water partition coefficient (Wildman–Crippen LogP) is 2.43. The SMILES string of the molecule is CCc1ccc(C(C(=O)NC(C)C)N(C)C(=O)C(CCC(N)=O)NC(=O)OC(C)(C)C)cc1. The number of alkyl carbamates (subject to hydrolysis) is 1. The molecule has 2 atom stereocenters. The molecule has 0 bridgehead atoms. The van der Waals surface area contributed by atoms with E-state index in [2.05, 4.69) is 10.6 Å². The molecule has 2 unspecified atom stereocenters. The molecule has 4 N–H and O–H groups in total. The van der Waals surface area contributed by atoms with E-state index in [1.54, 1.807) is 20.8 Å². The molecule has 9 heteroatoms. The second kappa shape index (κ2) is 12.2. The van der Waals surface area contributed by atoms with E-state index in [0.29, 0.717) is 5.56 Å². The van der Waals surface area contributed by atoms with E-state index >= 15 is 0 Å². The van der Waals surface area contributed by atoms with Crippen LogP contribution in [0.1, 0.15) is 71.6 Å². The molecule has 0 aromatic heterocycles. The van der Waals surface area contributed by atoms with Crippen LogP contribution in [0.15, 0.2) is 24.3 Å². The number of nitrogens with zero attached hydrogens (tertiary/aromatic N) is 1. The number of aryl methyl sites for hydroxylation is 1. The quantitative estimate of drug-likeness (QED) is 0.491. The lowest BCUT2D eigenvalue weighted by molar-refractivity contribution is -0.141. The van der Waals surface area contributed by atoms with Crippen molar-refractivity contribution >= 4 is 23.8 Å². The van der Waals surface area contributed by atoms with Crippen molar-refractivity contribution in [3.8, 4) is 0 Å². The van der Waals surface area contributed by atoms with Crippen LogP contribution < -0.4 is 16.4 Å². The van der Waals surface area contributed by atoms with Gasteiger partial charge in [-0.15, -0.1) is 0 Å². The van der Waals surface area contributed by atoms with Gasteiger partial charge in [0.25, 0.3) is 0 Å². The third-order valence-corrected chi connectivity index (χ3v) is 4.79. The van der Waals surface area contributed by atoms with Gasteiger partial charge in [0.15, 0.2) is 0 Å². The Morgan fingerprint density at radius 1 is 1.06 bits per heavy atom. The van der Waals surface area contributed by atoms with Crippen LogP contribution >= 0.6 is 0 Å². The van der Waals surface area contributed by atoms with Gasteiger partial charge in [-0.3, -0.25) is 14.4 Å². The number of likely N-dealkylation sites (N-methyl/N-ethyl adjacent to an activating group) is 1. The summed E-state index contributed by atoms with van der Waals surface area (Å²) < 4.78 is 5.26. The lowest BCUT2D eigenvalue weighted by atomic mass is 10.00. The van der Waals surface area contributed by atoms with Crippen molar-refractivity contribution in [1.29, 1.82) is 0 Å². The maximum absolute atomic E-state index is 13.4. The molecule has 0 radical (unpaired) electrons. The largest absolute Gasteiger partial charge is 0.444 e. The normalized spacial score (nSPS) is 13.1. The number of nitrogens with two attached hydrogens (primary N) is 1. The second-order valence-electron chi connectivity index (χ2n) is 9.31. The second-order valence-corrected chi connectivity index (χ2v) is 9.31. The van der Waals surface area contributed by atoms with E-state index in [9.17, 15) is 19.2 Å². The van der Waals surface area contributed by atoms with Gasteiger partial charge in [-0.25, -0.2) is 4.79 Å². The highest BCUT2D eigenvalue weighted by Crippen LogP contribution is 2.23. The van der Waals surface area contributed by atoms with Crippen LogP contribution in [0.4, 0.5) is 4.79 Å². The number of benzene rings is 1. The van der Waals surface area contributed by atoms with E-state index in [-0.39, 0.29) is 24.8 Å². The molecule has 0 aliphatic carbocycles. The number of nitrogens with one attached hydrogen (secondary N) is 2. The van der Waals surface area contributed by atoms with Crippen LogP contribution in [0.2, 0.25) is 0 Å². The van der Waals surface area contributed by atoms with Gasteiger partial charge in [0.2, 0.25) is 17.7 Å². The first-order chi connectivity index (χ1) is 15.2. The van der Waals surface area contributed by atoms with Gasteiger partial charge < -0.3 is 26.0 Å². The monoisotopic (exact) mass is 462 g/mol.